The number of nitrogens with one attached hydrogen (secondary N) is 1. The Bertz CT molecular complexity index is 603. The van der Waals surface area contributed by atoms with Gasteiger partial charge in [-0.05, 0) is 27.2 Å². The Kier molecular flexibility index (Phi) is 5.72. The third-order valence-corrected chi connectivity index (χ3v) is 3.14. The van der Waals surface area contributed by atoms with Gasteiger partial charge in [0.25, 0.3) is 5.91 Å². The summed E-state index contributed by atoms with van der Waals surface area (Å²) in [6.45, 7) is 7.17. The third-order valence-electron chi connectivity index (χ3n) is 3.14. The molecule has 5 nitrogen and oxygen atoms in total. The second-order valence-electron chi connectivity index (χ2n) is 5.47. The largest absolute Gasteiger partial charge is 0.379 e. The van der Waals surface area contributed by atoms with Crippen LogP contribution in [0.5, 0.6) is 0 Å². The van der Waals surface area contributed by atoms with Crippen molar-refractivity contribution in [1.29, 1.82) is 0 Å². The van der Waals surface area contributed by atoms with E-state index in [4.69, 9.17) is 9.26 Å². The zero-order chi connectivity index (χ0) is 15.9. The van der Waals surface area contributed by atoms with E-state index in [1.807, 2.05) is 45.0 Å². The number of rotatable bonds is 7. The Hall–Kier alpha value is -2.14. The van der Waals surface area contributed by atoms with Crippen LogP contribution in [0.3, 0.4) is 0 Å². The zero-order valence-electron chi connectivity index (χ0n) is 13.3. The predicted octanol–water partition coefficient (Wildman–Crippen LogP) is 3.19. The molecule has 2 rings (SSSR count). The number of nitrogens with zero attached hydrogens (tertiary/aromatic N) is 1. The van der Waals surface area contributed by atoms with Crippen LogP contribution in [0.1, 0.15) is 36.4 Å². The van der Waals surface area contributed by atoms with E-state index >= 15 is 0 Å². The molecule has 1 N–H and O–H groups in total. The van der Waals surface area contributed by atoms with Crippen LogP contribution < -0.4 is 5.32 Å². The number of aromatic nitrogens is 1. The van der Waals surface area contributed by atoms with Gasteiger partial charge in [0.15, 0.2) is 0 Å². The first-order chi connectivity index (χ1) is 10.6. The van der Waals surface area contributed by atoms with Crippen molar-refractivity contribution >= 4 is 5.91 Å². The fourth-order valence-corrected chi connectivity index (χ4v) is 1.92. The summed E-state index contributed by atoms with van der Waals surface area (Å²) in [6, 6.07) is 9.57. The molecule has 0 atom stereocenters. The molecule has 118 valence electrons. The molecule has 1 heterocycles. The van der Waals surface area contributed by atoms with E-state index in [2.05, 4.69) is 10.5 Å². The summed E-state index contributed by atoms with van der Waals surface area (Å²) >= 11 is 0. The maximum Gasteiger partial charge on any atom is 0.289 e. The van der Waals surface area contributed by atoms with Gasteiger partial charge >= 0.3 is 0 Å². The standard InChI is InChI=1S/C17H22N2O3/c1-12(2)21-10-4-9-18-17(20)16-11-15(19-22-16)14-7-5-13(3)6-8-14/h5-8,11-12H,4,9-10H2,1-3H3,(H,18,20). The van der Waals surface area contributed by atoms with Crippen molar-refractivity contribution in [2.24, 2.45) is 0 Å². The van der Waals surface area contributed by atoms with Crippen LogP contribution in [-0.2, 0) is 4.74 Å². The number of benzene rings is 1. The van der Waals surface area contributed by atoms with Crippen LogP contribution in [-0.4, -0.2) is 30.3 Å². The maximum absolute atomic E-state index is 12.0. The molecule has 1 amide bonds. The topological polar surface area (TPSA) is 64.4 Å². The second-order valence-corrected chi connectivity index (χ2v) is 5.47. The van der Waals surface area contributed by atoms with Crippen molar-refractivity contribution in [3.8, 4) is 11.3 Å². The Balaban J connectivity index is 1.85. The molecule has 1 aromatic carbocycles. The van der Waals surface area contributed by atoms with E-state index in [-0.39, 0.29) is 17.8 Å². The van der Waals surface area contributed by atoms with Crippen LogP contribution in [0.15, 0.2) is 34.9 Å². The van der Waals surface area contributed by atoms with Gasteiger partial charge in [-0.15, -0.1) is 0 Å². The van der Waals surface area contributed by atoms with Crippen LogP contribution in [0.25, 0.3) is 11.3 Å². The average molecular weight is 302 g/mol. The average Bonchev–Trinajstić information content (AvgIpc) is 2.97. The summed E-state index contributed by atoms with van der Waals surface area (Å²) in [5, 5.41) is 6.74. The smallest absolute Gasteiger partial charge is 0.289 e. The molecular weight excluding hydrogens is 280 g/mol. The van der Waals surface area contributed by atoms with E-state index in [1.54, 1.807) is 6.07 Å². The van der Waals surface area contributed by atoms with Gasteiger partial charge in [0, 0.05) is 24.8 Å². The van der Waals surface area contributed by atoms with Crippen molar-refractivity contribution in [2.45, 2.75) is 33.3 Å². The summed E-state index contributed by atoms with van der Waals surface area (Å²) < 4.78 is 10.5. The van der Waals surface area contributed by atoms with Crippen molar-refractivity contribution < 1.29 is 14.1 Å². The summed E-state index contributed by atoms with van der Waals surface area (Å²) in [6.07, 6.45) is 0.977. The lowest BCUT2D eigenvalue weighted by Crippen LogP contribution is -2.25. The van der Waals surface area contributed by atoms with Gasteiger partial charge in [0.1, 0.15) is 5.69 Å². The summed E-state index contributed by atoms with van der Waals surface area (Å²) in [5.74, 6) is -0.0317. The molecule has 0 bridgehead atoms. The maximum atomic E-state index is 12.0. The van der Waals surface area contributed by atoms with E-state index in [1.165, 1.54) is 5.56 Å². The first-order valence-corrected chi connectivity index (χ1v) is 7.50. The molecule has 0 radical (unpaired) electrons. The number of carbonyl (C=O) groups is 1. The SMILES string of the molecule is Cc1ccc(-c2cc(C(=O)NCCCOC(C)C)on2)cc1. The molecular formula is C17H22N2O3. The normalized spacial score (nSPS) is 10.9. The number of ether oxygens (including phenoxy) is 1. The van der Waals surface area contributed by atoms with Gasteiger partial charge in [-0.2, -0.15) is 0 Å². The Labute approximate surface area is 130 Å². The van der Waals surface area contributed by atoms with Gasteiger partial charge in [-0.25, -0.2) is 0 Å². The molecule has 0 aliphatic heterocycles. The van der Waals surface area contributed by atoms with E-state index in [0.717, 1.165) is 12.0 Å². The number of hydrogen-bond acceptors (Lipinski definition) is 4. The highest BCUT2D eigenvalue weighted by Crippen LogP contribution is 2.19. The fraction of sp³-hybridized carbons (Fsp3) is 0.412. The summed E-state index contributed by atoms with van der Waals surface area (Å²) in [7, 11) is 0. The van der Waals surface area contributed by atoms with Crippen molar-refractivity contribution in [2.75, 3.05) is 13.2 Å². The van der Waals surface area contributed by atoms with Crippen LogP contribution in [0, 0.1) is 6.92 Å². The van der Waals surface area contributed by atoms with Crippen LogP contribution in [0.4, 0.5) is 0 Å². The van der Waals surface area contributed by atoms with Crippen LogP contribution >= 0.6 is 0 Å². The van der Waals surface area contributed by atoms with E-state index in [0.29, 0.717) is 18.8 Å². The second kappa shape index (κ2) is 7.75. The summed E-state index contributed by atoms with van der Waals surface area (Å²) in [4.78, 5) is 12.0. The number of hydrogen-bond donors (Lipinski definition) is 1. The van der Waals surface area contributed by atoms with E-state index in [9.17, 15) is 4.79 Å². The van der Waals surface area contributed by atoms with Gasteiger partial charge in [-0.1, -0.05) is 35.0 Å². The third kappa shape index (κ3) is 4.70. The van der Waals surface area contributed by atoms with Gasteiger partial charge in [0.05, 0.1) is 6.10 Å². The lowest BCUT2D eigenvalue weighted by molar-refractivity contribution is 0.0752. The molecule has 5 heteroatoms. The van der Waals surface area contributed by atoms with Gasteiger partial charge < -0.3 is 14.6 Å². The number of aryl methyl sites for hydroxylation is 1. The van der Waals surface area contributed by atoms with Crippen LogP contribution in [0.2, 0.25) is 0 Å². The number of amides is 1. The molecule has 2 aromatic rings. The molecule has 1 aromatic heterocycles. The Morgan fingerprint density at radius 3 is 2.73 bits per heavy atom. The minimum Gasteiger partial charge on any atom is -0.379 e. The molecule has 0 aliphatic rings. The Morgan fingerprint density at radius 2 is 2.05 bits per heavy atom. The predicted molar refractivity (Wildman–Crippen MR) is 84.7 cm³/mol. The first-order valence-electron chi connectivity index (χ1n) is 7.50. The van der Waals surface area contributed by atoms with E-state index < -0.39 is 0 Å². The molecule has 0 aliphatic carbocycles. The lowest BCUT2D eigenvalue weighted by atomic mass is 10.1. The molecule has 0 unspecified atom stereocenters. The van der Waals surface area contributed by atoms with Crippen molar-refractivity contribution in [1.82, 2.24) is 10.5 Å². The Morgan fingerprint density at radius 1 is 1.32 bits per heavy atom. The molecule has 0 spiro atoms. The summed E-state index contributed by atoms with van der Waals surface area (Å²) in [5.41, 5.74) is 2.76. The molecule has 0 saturated heterocycles. The van der Waals surface area contributed by atoms with Gasteiger partial charge in [-0.3, -0.25) is 4.79 Å². The first kappa shape index (κ1) is 16.2. The van der Waals surface area contributed by atoms with Crippen molar-refractivity contribution in [3.05, 3.63) is 41.7 Å². The highest BCUT2D eigenvalue weighted by molar-refractivity contribution is 5.92. The minimum atomic E-state index is -0.254. The fourth-order valence-electron chi connectivity index (χ4n) is 1.92. The van der Waals surface area contributed by atoms with Crippen molar-refractivity contribution in [3.63, 3.8) is 0 Å². The highest BCUT2D eigenvalue weighted by Gasteiger charge is 2.13. The number of carbonyl (C=O) groups excluding carboxylic acids is 1. The monoisotopic (exact) mass is 302 g/mol. The molecule has 22 heavy (non-hydrogen) atoms. The minimum absolute atomic E-state index is 0.210. The molecule has 0 fully saturated rings. The van der Waals surface area contributed by atoms with Gasteiger partial charge in [0.2, 0.25) is 5.76 Å². The quantitative estimate of drug-likeness (QED) is 0.798. The highest BCUT2D eigenvalue weighted by atomic mass is 16.5. The molecule has 0 saturated carbocycles. The lowest BCUT2D eigenvalue weighted by Gasteiger charge is -2.07. The zero-order valence-corrected chi connectivity index (χ0v) is 13.3.